The molecule has 0 aliphatic carbocycles. The van der Waals surface area contributed by atoms with Crippen molar-refractivity contribution < 1.29 is 12.8 Å². The van der Waals surface area contributed by atoms with Crippen molar-refractivity contribution in [3.63, 3.8) is 0 Å². The van der Waals surface area contributed by atoms with Crippen molar-refractivity contribution >= 4 is 9.84 Å². The normalized spacial score (nSPS) is 23.1. The second kappa shape index (κ2) is 5.84. The van der Waals surface area contributed by atoms with Crippen molar-refractivity contribution in [1.82, 2.24) is 10.3 Å². The van der Waals surface area contributed by atoms with Crippen LogP contribution in [0.25, 0.3) is 0 Å². The summed E-state index contributed by atoms with van der Waals surface area (Å²) in [6, 6.07) is 0. The van der Waals surface area contributed by atoms with Crippen molar-refractivity contribution in [3.05, 3.63) is 17.8 Å². The Bertz CT molecular complexity index is 481. The molecule has 1 aromatic heterocycles. The van der Waals surface area contributed by atoms with E-state index >= 15 is 0 Å². The van der Waals surface area contributed by atoms with Gasteiger partial charge in [0.2, 0.25) is 0 Å². The summed E-state index contributed by atoms with van der Waals surface area (Å²) in [5.74, 6) is 1.03. The SMILES string of the molecule is CNCCCc1coc(C2CCCS(=O)(=O)C2)n1. The minimum absolute atomic E-state index is 0.0539. The van der Waals surface area contributed by atoms with E-state index in [0.717, 1.165) is 31.5 Å². The van der Waals surface area contributed by atoms with Crippen LogP contribution in [0, 0.1) is 0 Å². The zero-order valence-corrected chi connectivity index (χ0v) is 11.5. The molecule has 102 valence electrons. The zero-order chi connectivity index (χ0) is 13.0. The van der Waals surface area contributed by atoms with Crippen LogP contribution in [0.15, 0.2) is 10.7 Å². The van der Waals surface area contributed by atoms with Gasteiger partial charge in [-0.1, -0.05) is 0 Å². The fourth-order valence-corrected chi connectivity index (χ4v) is 3.98. The lowest BCUT2D eigenvalue weighted by atomic mass is 10.1. The second-order valence-electron chi connectivity index (χ2n) is 4.84. The van der Waals surface area contributed by atoms with Gasteiger partial charge in [-0.05, 0) is 39.3 Å². The highest BCUT2D eigenvalue weighted by atomic mass is 32.2. The van der Waals surface area contributed by atoms with Crippen LogP contribution in [-0.2, 0) is 16.3 Å². The molecule has 1 unspecified atom stereocenters. The maximum atomic E-state index is 11.6. The molecule has 1 atom stereocenters. The van der Waals surface area contributed by atoms with Crippen LogP contribution in [0.2, 0.25) is 0 Å². The summed E-state index contributed by atoms with van der Waals surface area (Å²) in [6.45, 7) is 0.944. The Kier molecular flexibility index (Phi) is 4.40. The van der Waals surface area contributed by atoms with Gasteiger partial charge in [0, 0.05) is 5.92 Å². The van der Waals surface area contributed by atoms with Gasteiger partial charge in [0.05, 0.1) is 17.2 Å². The number of sulfone groups is 1. The zero-order valence-electron chi connectivity index (χ0n) is 10.7. The molecule has 0 saturated carbocycles. The molecule has 1 aromatic rings. The third-order valence-electron chi connectivity index (χ3n) is 3.24. The predicted octanol–water partition coefficient (Wildman–Crippen LogP) is 1.12. The van der Waals surface area contributed by atoms with Crippen LogP contribution in [0.4, 0.5) is 0 Å². The number of oxazole rings is 1. The maximum Gasteiger partial charge on any atom is 0.198 e. The number of nitrogens with zero attached hydrogens (tertiary/aromatic N) is 1. The first-order valence-electron chi connectivity index (χ1n) is 6.40. The third kappa shape index (κ3) is 3.55. The van der Waals surface area contributed by atoms with Crippen LogP contribution in [0.5, 0.6) is 0 Å². The van der Waals surface area contributed by atoms with E-state index in [1.807, 2.05) is 7.05 Å². The number of aromatic nitrogens is 1. The number of hydrogen-bond donors (Lipinski definition) is 1. The van der Waals surface area contributed by atoms with E-state index in [0.29, 0.717) is 18.1 Å². The molecular formula is C12H20N2O3S. The Balaban J connectivity index is 1.97. The molecule has 1 saturated heterocycles. The molecule has 2 heterocycles. The average molecular weight is 272 g/mol. The Hall–Kier alpha value is -0.880. The van der Waals surface area contributed by atoms with Crippen LogP contribution < -0.4 is 5.32 Å². The van der Waals surface area contributed by atoms with Gasteiger partial charge in [-0.3, -0.25) is 0 Å². The lowest BCUT2D eigenvalue weighted by Gasteiger charge is -2.18. The first kappa shape index (κ1) is 13.5. The number of rotatable bonds is 5. The summed E-state index contributed by atoms with van der Waals surface area (Å²) in [5.41, 5.74) is 0.920. The molecule has 0 radical (unpaired) electrons. The Labute approximate surface area is 108 Å². The molecule has 5 nitrogen and oxygen atoms in total. The van der Waals surface area contributed by atoms with E-state index in [1.54, 1.807) is 6.26 Å². The first-order chi connectivity index (χ1) is 8.61. The first-order valence-corrected chi connectivity index (χ1v) is 8.22. The molecule has 1 N–H and O–H groups in total. The predicted molar refractivity (Wildman–Crippen MR) is 69.4 cm³/mol. The molecule has 1 aliphatic rings. The molecule has 6 heteroatoms. The molecule has 2 rings (SSSR count). The van der Waals surface area contributed by atoms with Gasteiger partial charge in [-0.25, -0.2) is 13.4 Å². The van der Waals surface area contributed by atoms with Gasteiger partial charge in [0.25, 0.3) is 0 Å². The van der Waals surface area contributed by atoms with Crippen LogP contribution in [0.1, 0.15) is 36.8 Å². The minimum Gasteiger partial charge on any atom is -0.448 e. The summed E-state index contributed by atoms with van der Waals surface area (Å²) in [7, 11) is -0.984. The van der Waals surface area contributed by atoms with Crippen LogP contribution in [0.3, 0.4) is 0 Å². The second-order valence-corrected chi connectivity index (χ2v) is 7.07. The molecule has 0 aromatic carbocycles. The van der Waals surface area contributed by atoms with E-state index in [1.165, 1.54) is 0 Å². The molecule has 1 fully saturated rings. The molecule has 0 spiro atoms. The average Bonchev–Trinajstić information content (AvgIpc) is 2.77. The van der Waals surface area contributed by atoms with E-state index in [4.69, 9.17) is 4.42 Å². The molecular weight excluding hydrogens is 252 g/mol. The third-order valence-corrected chi connectivity index (χ3v) is 5.06. The van der Waals surface area contributed by atoms with Gasteiger partial charge >= 0.3 is 0 Å². The largest absolute Gasteiger partial charge is 0.448 e. The lowest BCUT2D eigenvalue weighted by Crippen LogP contribution is -2.23. The fraction of sp³-hybridized carbons (Fsp3) is 0.750. The quantitative estimate of drug-likeness (QED) is 0.813. The van der Waals surface area contributed by atoms with Gasteiger partial charge in [-0.2, -0.15) is 0 Å². The highest BCUT2D eigenvalue weighted by Crippen LogP contribution is 2.27. The van der Waals surface area contributed by atoms with Crippen molar-refractivity contribution in [2.45, 2.75) is 31.6 Å². The van der Waals surface area contributed by atoms with Gasteiger partial charge < -0.3 is 9.73 Å². The summed E-state index contributed by atoms with van der Waals surface area (Å²) < 4.78 is 28.6. The van der Waals surface area contributed by atoms with Crippen molar-refractivity contribution in [2.75, 3.05) is 25.1 Å². The van der Waals surface area contributed by atoms with Gasteiger partial charge in [-0.15, -0.1) is 0 Å². The topological polar surface area (TPSA) is 72.2 Å². The fourth-order valence-electron chi connectivity index (χ4n) is 2.29. The van der Waals surface area contributed by atoms with Crippen LogP contribution >= 0.6 is 0 Å². The minimum atomic E-state index is -2.90. The standard InChI is InChI=1S/C12H20N2O3S/c1-13-6-2-5-11-8-17-12(14-11)10-4-3-7-18(15,16)9-10/h8,10,13H,2-7,9H2,1H3. The summed E-state index contributed by atoms with van der Waals surface area (Å²) in [4.78, 5) is 4.41. The lowest BCUT2D eigenvalue weighted by molar-refractivity contribution is 0.434. The van der Waals surface area contributed by atoms with E-state index < -0.39 is 9.84 Å². The molecule has 18 heavy (non-hydrogen) atoms. The molecule has 0 amide bonds. The number of nitrogens with one attached hydrogen (secondary N) is 1. The Morgan fingerprint density at radius 1 is 1.56 bits per heavy atom. The smallest absolute Gasteiger partial charge is 0.198 e. The number of aryl methyl sites for hydroxylation is 1. The maximum absolute atomic E-state index is 11.6. The summed E-state index contributed by atoms with van der Waals surface area (Å²) >= 11 is 0. The molecule has 0 bridgehead atoms. The number of hydrogen-bond acceptors (Lipinski definition) is 5. The van der Waals surface area contributed by atoms with E-state index in [-0.39, 0.29) is 11.7 Å². The van der Waals surface area contributed by atoms with Gasteiger partial charge in [0.15, 0.2) is 15.7 Å². The molecule has 1 aliphatic heterocycles. The Morgan fingerprint density at radius 3 is 3.11 bits per heavy atom. The highest BCUT2D eigenvalue weighted by Gasteiger charge is 2.29. The van der Waals surface area contributed by atoms with E-state index in [2.05, 4.69) is 10.3 Å². The Morgan fingerprint density at radius 2 is 2.39 bits per heavy atom. The monoisotopic (exact) mass is 272 g/mol. The van der Waals surface area contributed by atoms with Crippen LogP contribution in [-0.4, -0.2) is 38.5 Å². The van der Waals surface area contributed by atoms with Crippen molar-refractivity contribution in [3.8, 4) is 0 Å². The summed E-state index contributed by atoms with van der Waals surface area (Å²) in [6.07, 6.45) is 5.10. The summed E-state index contributed by atoms with van der Waals surface area (Å²) in [5, 5.41) is 3.08. The highest BCUT2D eigenvalue weighted by molar-refractivity contribution is 7.91. The van der Waals surface area contributed by atoms with Crippen molar-refractivity contribution in [1.29, 1.82) is 0 Å². The van der Waals surface area contributed by atoms with Crippen molar-refractivity contribution in [2.24, 2.45) is 0 Å². The van der Waals surface area contributed by atoms with Gasteiger partial charge in [0.1, 0.15) is 6.26 Å². The van der Waals surface area contributed by atoms with E-state index in [9.17, 15) is 8.42 Å².